The van der Waals surface area contributed by atoms with Gasteiger partial charge in [0.2, 0.25) is 5.82 Å². The van der Waals surface area contributed by atoms with Crippen LogP contribution < -0.4 is 14.8 Å². The molecular weight excluding hydrogens is 472 g/mol. The number of ether oxygens (including phenoxy) is 2. The molecule has 3 aromatic carbocycles. The van der Waals surface area contributed by atoms with Crippen LogP contribution in [0.1, 0.15) is 30.0 Å². The first-order valence-corrected chi connectivity index (χ1v) is 11.9. The molecule has 2 heterocycles. The number of hydrogen-bond acceptors (Lipinski definition) is 6. The SMILES string of the molecule is COc1cccc(CN2C(=S)NC(c3cccc(OC)c3)C(c3nc(-c4ccccc4)no3)=C2C)c1. The van der Waals surface area contributed by atoms with Crippen LogP contribution in [-0.2, 0) is 6.54 Å². The largest absolute Gasteiger partial charge is 0.497 e. The number of methoxy groups -OCH3 is 2. The van der Waals surface area contributed by atoms with Crippen LogP contribution in [0.25, 0.3) is 17.0 Å². The fourth-order valence-corrected chi connectivity index (χ4v) is 4.63. The number of benzene rings is 3. The summed E-state index contributed by atoms with van der Waals surface area (Å²) in [6, 6.07) is 25.3. The second kappa shape index (κ2) is 10.2. The molecule has 1 aliphatic rings. The lowest BCUT2D eigenvalue weighted by atomic mass is 9.94. The van der Waals surface area contributed by atoms with E-state index in [1.54, 1.807) is 14.2 Å². The monoisotopic (exact) mass is 498 g/mol. The Bertz CT molecular complexity index is 1420. The minimum atomic E-state index is -0.293. The van der Waals surface area contributed by atoms with E-state index in [4.69, 9.17) is 31.2 Å². The minimum absolute atomic E-state index is 0.293. The third kappa shape index (κ3) is 4.67. The van der Waals surface area contributed by atoms with Gasteiger partial charge in [-0.15, -0.1) is 0 Å². The second-order valence-electron chi connectivity index (χ2n) is 8.39. The van der Waals surface area contributed by atoms with Crippen LogP contribution in [0.4, 0.5) is 0 Å². The molecule has 8 heteroatoms. The molecule has 7 nitrogen and oxygen atoms in total. The van der Waals surface area contributed by atoms with E-state index in [2.05, 4.69) is 10.5 Å². The summed E-state index contributed by atoms with van der Waals surface area (Å²) in [7, 11) is 3.31. The maximum atomic E-state index is 5.84. The zero-order valence-electron chi connectivity index (χ0n) is 20.3. The third-order valence-electron chi connectivity index (χ3n) is 6.19. The topological polar surface area (TPSA) is 72.7 Å². The summed E-state index contributed by atoms with van der Waals surface area (Å²) in [5.74, 6) is 2.52. The quantitative estimate of drug-likeness (QED) is 0.329. The summed E-state index contributed by atoms with van der Waals surface area (Å²) in [5, 5.41) is 8.37. The molecule has 0 aliphatic carbocycles. The molecule has 1 aliphatic heterocycles. The molecule has 1 atom stereocenters. The summed E-state index contributed by atoms with van der Waals surface area (Å²) in [6.45, 7) is 2.59. The molecule has 0 saturated carbocycles. The maximum absolute atomic E-state index is 5.84. The van der Waals surface area contributed by atoms with Crippen molar-refractivity contribution in [2.45, 2.75) is 19.5 Å². The van der Waals surface area contributed by atoms with E-state index in [0.717, 1.165) is 39.5 Å². The number of allylic oxidation sites excluding steroid dienone is 1. The van der Waals surface area contributed by atoms with Crippen LogP contribution >= 0.6 is 12.2 Å². The van der Waals surface area contributed by atoms with Crippen molar-refractivity contribution in [3.63, 3.8) is 0 Å². The second-order valence-corrected chi connectivity index (χ2v) is 8.77. The summed E-state index contributed by atoms with van der Waals surface area (Å²) >= 11 is 5.84. The highest BCUT2D eigenvalue weighted by Crippen LogP contribution is 2.38. The van der Waals surface area contributed by atoms with Crippen molar-refractivity contribution in [3.8, 4) is 22.9 Å². The van der Waals surface area contributed by atoms with Gasteiger partial charge in [0.1, 0.15) is 11.5 Å². The molecule has 1 aromatic heterocycles. The van der Waals surface area contributed by atoms with E-state index in [1.807, 2.05) is 90.7 Å². The lowest BCUT2D eigenvalue weighted by Crippen LogP contribution is -2.45. The Morgan fingerprint density at radius 3 is 2.42 bits per heavy atom. The Balaban J connectivity index is 1.60. The average molecular weight is 499 g/mol. The van der Waals surface area contributed by atoms with Gasteiger partial charge in [0.25, 0.3) is 5.89 Å². The first kappa shape index (κ1) is 23.6. The van der Waals surface area contributed by atoms with Gasteiger partial charge in [-0.05, 0) is 54.5 Å². The predicted molar refractivity (Wildman–Crippen MR) is 142 cm³/mol. The minimum Gasteiger partial charge on any atom is -0.497 e. The van der Waals surface area contributed by atoms with Gasteiger partial charge in [0.15, 0.2) is 5.11 Å². The van der Waals surface area contributed by atoms with Crippen LogP contribution in [0.3, 0.4) is 0 Å². The number of rotatable bonds is 7. The van der Waals surface area contributed by atoms with E-state index >= 15 is 0 Å². The Labute approximate surface area is 215 Å². The van der Waals surface area contributed by atoms with Crippen molar-refractivity contribution >= 4 is 22.9 Å². The number of nitrogens with one attached hydrogen (secondary N) is 1. The zero-order valence-corrected chi connectivity index (χ0v) is 21.1. The highest BCUT2D eigenvalue weighted by atomic mass is 32.1. The highest BCUT2D eigenvalue weighted by molar-refractivity contribution is 7.80. The van der Waals surface area contributed by atoms with Gasteiger partial charge in [-0.2, -0.15) is 4.98 Å². The fraction of sp³-hybridized carbons (Fsp3) is 0.179. The average Bonchev–Trinajstić information content (AvgIpc) is 3.41. The molecule has 1 N–H and O–H groups in total. The molecule has 0 radical (unpaired) electrons. The van der Waals surface area contributed by atoms with Gasteiger partial charge in [0.05, 0.1) is 32.4 Å². The number of thiocarbonyl (C=S) groups is 1. The van der Waals surface area contributed by atoms with Crippen molar-refractivity contribution in [2.75, 3.05) is 14.2 Å². The van der Waals surface area contributed by atoms with Crippen molar-refractivity contribution < 1.29 is 14.0 Å². The van der Waals surface area contributed by atoms with Crippen LogP contribution in [0, 0.1) is 0 Å². The van der Waals surface area contributed by atoms with E-state index in [-0.39, 0.29) is 6.04 Å². The zero-order chi connectivity index (χ0) is 25.1. The maximum Gasteiger partial charge on any atom is 0.258 e. The van der Waals surface area contributed by atoms with Crippen molar-refractivity contribution in [1.82, 2.24) is 20.4 Å². The van der Waals surface area contributed by atoms with Crippen LogP contribution in [0.15, 0.2) is 89.1 Å². The number of nitrogens with zero attached hydrogens (tertiary/aromatic N) is 3. The lowest BCUT2D eigenvalue weighted by Gasteiger charge is -2.37. The van der Waals surface area contributed by atoms with E-state index in [0.29, 0.717) is 23.4 Å². The highest BCUT2D eigenvalue weighted by Gasteiger charge is 2.34. The Hall–Kier alpha value is -4.17. The third-order valence-corrected chi connectivity index (χ3v) is 6.52. The lowest BCUT2D eigenvalue weighted by molar-refractivity contribution is 0.394. The number of hydrogen-bond donors (Lipinski definition) is 1. The van der Waals surface area contributed by atoms with Gasteiger partial charge < -0.3 is 24.2 Å². The molecule has 0 spiro atoms. The smallest absolute Gasteiger partial charge is 0.258 e. The van der Waals surface area contributed by atoms with E-state index in [1.165, 1.54) is 0 Å². The fourth-order valence-electron chi connectivity index (χ4n) is 4.31. The normalized spacial score (nSPS) is 15.6. The van der Waals surface area contributed by atoms with Crippen LogP contribution in [0.5, 0.6) is 11.5 Å². The standard InChI is InChI=1S/C28H26N4O3S/c1-18-24(27-30-26(31-35-27)20-10-5-4-6-11-20)25(21-12-8-14-23(16-21)34-3)29-28(36)32(18)17-19-9-7-13-22(15-19)33-2/h4-16,25H,17H2,1-3H3,(H,29,36). The molecule has 5 rings (SSSR count). The molecule has 0 fully saturated rings. The van der Waals surface area contributed by atoms with E-state index < -0.39 is 0 Å². The Kier molecular flexibility index (Phi) is 6.69. The predicted octanol–water partition coefficient (Wildman–Crippen LogP) is 5.62. The van der Waals surface area contributed by atoms with Gasteiger partial charge >= 0.3 is 0 Å². The summed E-state index contributed by atoms with van der Waals surface area (Å²) in [6.07, 6.45) is 0. The molecule has 0 bridgehead atoms. The van der Waals surface area contributed by atoms with Crippen LogP contribution in [-0.4, -0.2) is 34.4 Å². The Morgan fingerprint density at radius 1 is 0.944 bits per heavy atom. The molecule has 36 heavy (non-hydrogen) atoms. The molecule has 0 saturated heterocycles. The van der Waals surface area contributed by atoms with Gasteiger partial charge in [-0.25, -0.2) is 0 Å². The number of aromatic nitrogens is 2. The van der Waals surface area contributed by atoms with Crippen molar-refractivity contribution in [1.29, 1.82) is 0 Å². The molecule has 0 amide bonds. The van der Waals surface area contributed by atoms with Gasteiger partial charge in [-0.3, -0.25) is 0 Å². The van der Waals surface area contributed by atoms with Gasteiger partial charge in [0, 0.05) is 11.3 Å². The molecule has 4 aromatic rings. The van der Waals surface area contributed by atoms with Gasteiger partial charge in [-0.1, -0.05) is 59.8 Å². The summed E-state index contributed by atoms with van der Waals surface area (Å²) < 4.78 is 16.7. The van der Waals surface area contributed by atoms with E-state index in [9.17, 15) is 0 Å². The molecule has 182 valence electrons. The summed E-state index contributed by atoms with van der Waals surface area (Å²) in [5.41, 5.74) is 4.71. The first-order valence-electron chi connectivity index (χ1n) is 11.5. The summed E-state index contributed by atoms with van der Waals surface area (Å²) in [4.78, 5) is 6.81. The molecular formula is C28H26N4O3S. The Morgan fingerprint density at radius 2 is 1.67 bits per heavy atom. The molecule has 1 unspecified atom stereocenters. The van der Waals surface area contributed by atoms with Crippen molar-refractivity contribution in [2.24, 2.45) is 0 Å². The van der Waals surface area contributed by atoms with Crippen LogP contribution in [0.2, 0.25) is 0 Å². The van der Waals surface area contributed by atoms with Crippen molar-refractivity contribution in [3.05, 3.63) is 102 Å². The first-order chi connectivity index (χ1) is 17.6.